The molecule has 0 radical (unpaired) electrons. The smallest absolute Gasteiger partial charge is 0.180 e. The Morgan fingerprint density at radius 1 is 1.05 bits per heavy atom. The zero-order valence-electron chi connectivity index (χ0n) is 21.2. The van der Waals surface area contributed by atoms with Crippen LogP contribution in [0.4, 0.5) is 0 Å². The van der Waals surface area contributed by atoms with Gasteiger partial charge in [-0.25, -0.2) is 0 Å². The van der Waals surface area contributed by atoms with Crippen molar-refractivity contribution in [3.8, 4) is 40.2 Å². The van der Waals surface area contributed by atoms with Gasteiger partial charge in [0.15, 0.2) is 17.8 Å². The predicted octanol–water partition coefficient (Wildman–Crippen LogP) is 7.16. The van der Waals surface area contributed by atoms with Crippen LogP contribution < -0.4 is 18.9 Å². The van der Waals surface area contributed by atoms with Gasteiger partial charge >= 0.3 is 0 Å². The number of pyridine rings is 1. The molecular formula is C31H22Cl2N2O5. The van der Waals surface area contributed by atoms with Gasteiger partial charge in [0.05, 0.1) is 21.2 Å². The van der Waals surface area contributed by atoms with Crippen LogP contribution in [0.2, 0.25) is 10.0 Å². The van der Waals surface area contributed by atoms with E-state index in [-0.39, 0.29) is 12.7 Å². The highest BCUT2D eigenvalue weighted by Gasteiger charge is 2.29. The molecule has 0 fully saturated rings. The van der Waals surface area contributed by atoms with Crippen LogP contribution in [0.25, 0.3) is 11.1 Å². The molecule has 200 valence electrons. The van der Waals surface area contributed by atoms with Crippen LogP contribution in [0.3, 0.4) is 0 Å². The van der Waals surface area contributed by atoms with Gasteiger partial charge in [0, 0.05) is 29.6 Å². The third-order valence-corrected chi connectivity index (χ3v) is 7.60. The first-order chi connectivity index (χ1) is 19.6. The lowest BCUT2D eigenvalue weighted by Gasteiger charge is -2.22. The van der Waals surface area contributed by atoms with Crippen molar-refractivity contribution >= 4 is 29.5 Å². The summed E-state index contributed by atoms with van der Waals surface area (Å²) in [6.45, 7) is 1.07. The van der Waals surface area contributed by atoms with E-state index in [1.54, 1.807) is 18.3 Å². The number of carbonyl (C=O) groups excluding carboxylic acids is 1. The maximum absolute atomic E-state index is 11.7. The molecule has 0 spiro atoms. The Balaban J connectivity index is 1.27. The minimum absolute atomic E-state index is 0.121. The van der Waals surface area contributed by atoms with Gasteiger partial charge in [-0.05, 0) is 53.8 Å². The Morgan fingerprint density at radius 2 is 1.93 bits per heavy atom. The molecule has 6 rings (SSSR count). The number of hydrogen-bond acceptors (Lipinski definition) is 7. The SMILES string of the molecule is N#Cc1cncc(COc2cc(O[C@H]3CCc4c(-c5ccc6c(c5Cl)OCCO6)cccc43)c(Cl)cc2C=O)c1. The molecule has 9 heteroatoms. The molecular weight excluding hydrogens is 551 g/mol. The van der Waals surface area contributed by atoms with E-state index in [2.05, 4.69) is 11.1 Å². The van der Waals surface area contributed by atoms with Crippen molar-refractivity contribution in [2.45, 2.75) is 25.6 Å². The van der Waals surface area contributed by atoms with Gasteiger partial charge in [-0.15, -0.1) is 0 Å². The number of nitrogens with zero attached hydrogens (tertiary/aromatic N) is 2. The summed E-state index contributed by atoms with van der Waals surface area (Å²) in [7, 11) is 0. The first kappa shape index (κ1) is 26.0. The Kier molecular flexibility index (Phi) is 7.21. The highest BCUT2D eigenvalue weighted by Crippen LogP contribution is 2.47. The Bertz CT molecular complexity index is 1670. The minimum atomic E-state index is -0.255. The van der Waals surface area contributed by atoms with Crippen molar-refractivity contribution in [2.24, 2.45) is 0 Å². The van der Waals surface area contributed by atoms with E-state index >= 15 is 0 Å². The fourth-order valence-corrected chi connectivity index (χ4v) is 5.61. The number of carbonyl (C=O) groups is 1. The van der Waals surface area contributed by atoms with Gasteiger partial charge in [0.1, 0.15) is 43.5 Å². The van der Waals surface area contributed by atoms with Crippen LogP contribution >= 0.6 is 23.2 Å². The van der Waals surface area contributed by atoms with Crippen molar-refractivity contribution in [3.05, 3.63) is 98.8 Å². The van der Waals surface area contributed by atoms with Crippen LogP contribution in [-0.4, -0.2) is 24.5 Å². The molecule has 0 unspecified atom stereocenters. The first-order valence-electron chi connectivity index (χ1n) is 12.7. The molecule has 0 amide bonds. The van der Waals surface area contributed by atoms with E-state index in [9.17, 15) is 4.79 Å². The van der Waals surface area contributed by atoms with Gasteiger partial charge in [0.2, 0.25) is 0 Å². The summed E-state index contributed by atoms with van der Waals surface area (Å²) in [5, 5.41) is 9.95. The molecule has 1 aliphatic heterocycles. The lowest BCUT2D eigenvalue weighted by Crippen LogP contribution is -2.15. The van der Waals surface area contributed by atoms with Gasteiger partial charge in [-0.2, -0.15) is 5.26 Å². The maximum Gasteiger partial charge on any atom is 0.180 e. The fourth-order valence-electron chi connectivity index (χ4n) is 5.08. The van der Waals surface area contributed by atoms with Crippen LogP contribution in [0.15, 0.2) is 60.9 Å². The second-order valence-corrected chi connectivity index (χ2v) is 10.2. The summed E-state index contributed by atoms with van der Waals surface area (Å²) in [4.78, 5) is 15.8. The zero-order chi connectivity index (χ0) is 27.6. The summed E-state index contributed by atoms with van der Waals surface area (Å²) < 4.78 is 23.8. The third kappa shape index (κ3) is 4.92. The van der Waals surface area contributed by atoms with E-state index in [1.165, 1.54) is 12.3 Å². The number of benzene rings is 3. The van der Waals surface area contributed by atoms with Gasteiger partial charge in [-0.1, -0.05) is 41.4 Å². The van der Waals surface area contributed by atoms with Crippen molar-refractivity contribution in [1.82, 2.24) is 4.98 Å². The lowest BCUT2D eigenvalue weighted by atomic mass is 9.96. The molecule has 1 aromatic heterocycles. The molecule has 0 saturated heterocycles. The van der Waals surface area contributed by atoms with E-state index in [1.807, 2.05) is 30.3 Å². The van der Waals surface area contributed by atoms with E-state index < -0.39 is 0 Å². The normalized spacial score (nSPS) is 15.2. The largest absolute Gasteiger partial charge is 0.488 e. The molecule has 0 bridgehead atoms. The summed E-state index contributed by atoms with van der Waals surface area (Å²) in [6, 6.07) is 16.8. The minimum Gasteiger partial charge on any atom is -0.488 e. The molecule has 3 aromatic carbocycles. The Morgan fingerprint density at radius 3 is 2.77 bits per heavy atom. The highest BCUT2D eigenvalue weighted by molar-refractivity contribution is 6.35. The van der Waals surface area contributed by atoms with E-state index in [0.717, 1.165) is 35.1 Å². The quantitative estimate of drug-likeness (QED) is 0.217. The molecule has 0 N–H and O–H groups in total. The standard InChI is InChI=1S/C31H22Cl2N2O5/c32-25-11-20(16-36)28(39-17-19-10-18(13-34)14-35-15-19)12-29(25)40-26-6-4-22-21(2-1-3-23(22)26)24-5-7-27-31(30(24)33)38-9-8-37-27/h1-3,5,7,10-12,14-16,26H,4,6,8-9,17H2/t26-/m0/s1. The molecule has 7 nitrogen and oxygen atoms in total. The maximum atomic E-state index is 11.7. The second-order valence-electron chi connectivity index (χ2n) is 9.39. The average molecular weight is 573 g/mol. The third-order valence-electron chi connectivity index (χ3n) is 6.93. The number of nitriles is 1. The number of aldehydes is 1. The summed E-state index contributed by atoms with van der Waals surface area (Å²) >= 11 is 13.3. The first-order valence-corrected chi connectivity index (χ1v) is 13.4. The topological polar surface area (TPSA) is 90.7 Å². The summed E-state index contributed by atoms with van der Waals surface area (Å²) in [6.07, 6.45) is 5.04. The number of ether oxygens (including phenoxy) is 4. The van der Waals surface area contributed by atoms with Crippen molar-refractivity contribution < 1.29 is 23.7 Å². The molecule has 2 heterocycles. The molecule has 1 atom stereocenters. The molecule has 4 aromatic rings. The fraction of sp³-hybridized carbons (Fsp3) is 0.194. The number of aromatic nitrogens is 1. The van der Waals surface area contributed by atoms with Crippen molar-refractivity contribution in [3.63, 3.8) is 0 Å². The van der Waals surface area contributed by atoms with Crippen molar-refractivity contribution in [2.75, 3.05) is 13.2 Å². The van der Waals surface area contributed by atoms with Gasteiger partial charge in [0.25, 0.3) is 0 Å². The summed E-state index contributed by atoms with van der Waals surface area (Å²) in [5.74, 6) is 1.95. The Labute approximate surface area is 240 Å². The monoisotopic (exact) mass is 572 g/mol. The van der Waals surface area contributed by atoms with E-state index in [4.69, 9.17) is 47.4 Å². The molecule has 2 aliphatic rings. The van der Waals surface area contributed by atoms with Crippen LogP contribution in [0, 0.1) is 11.3 Å². The van der Waals surface area contributed by atoms with Crippen LogP contribution in [-0.2, 0) is 13.0 Å². The van der Waals surface area contributed by atoms with Crippen LogP contribution in [0.1, 0.15) is 45.1 Å². The van der Waals surface area contributed by atoms with Gasteiger partial charge < -0.3 is 18.9 Å². The van der Waals surface area contributed by atoms with Gasteiger partial charge in [-0.3, -0.25) is 9.78 Å². The predicted molar refractivity (Wildman–Crippen MR) is 150 cm³/mol. The lowest BCUT2D eigenvalue weighted by molar-refractivity contribution is 0.111. The summed E-state index contributed by atoms with van der Waals surface area (Å²) in [5.41, 5.74) is 5.50. The number of halogens is 2. The van der Waals surface area contributed by atoms with Crippen LogP contribution in [0.5, 0.6) is 23.0 Å². The molecule has 40 heavy (non-hydrogen) atoms. The highest BCUT2D eigenvalue weighted by atomic mass is 35.5. The zero-order valence-corrected chi connectivity index (χ0v) is 22.7. The molecule has 1 aliphatic carbocycles. The molecule has 0 saturated carbocycles. The number of hydrogen-bond donors (Lipinski definition) is 0. The van der Waals surface area contributed by atoms with Crippen molar-refractivity contribution in [1.29, 1.82) is 5.26 Å². The second kappa shape index (κ2) is 11.1. The number of rotatable bonds is 7. The van der Waals surface area contributed by atoms with E-state index in [0.29, 0.717) is 69.2 Å². The number of fused-ring (bicyclic) bond motifs is 2. The average Bonchev–Trinajstić information content (AvgIpc) is 3.40. The Hall–Kier alpha value is -4.25.